The van der Waals surface area contributed by atoms with Crippen molar-refractivity contribution in [3.05, 3.63) is 57.7 Å². The molecule has 0 bridgehead atoms. The first-order chi connectivity index (χ1) is 12.7. The summed E-state index contributed by atoms with van der Waals surface area (Å²) in [6.07, 6.45) is 4.79. The molecule has 132 valence electrons. The first-order valence-corrected chi connectivity index (χ1v) is 9.51. The summed E-state index contributed by atoms with van der Waals surface area (Å²) in [6, 6.07) is 10.5. The van der Waals surface area contributed by atoms with E-state index in [0.717, 1.165) is 41.3 Å². The lowest BCUT2D eigenvalue weighted by molar-refractivity contribution is 0.341. The summed E-state index contributed by atoms with van der Waals surface area (Å²) >= 11 is 12.4. The van der Waals surface area contributed by atoms with E-state index in [0.29, 0.717) is 28.8 Å². The summed E-state index contributed by atoms with van der Waals surface area (Å²) in [7, 11) is 0. The Kier molecular flexibility index (Phi) is 4.76. The highest BCUT2D eigenvalue weighted by Crippen LogP contribution is 2.44. The Labute approximate surface area is 161 Å². The molecule has 1 N–H and O–H groups in total. The van der Waals surface area contributed by atoms with Crippen LogP contribution in [0.5, 0.6) is 5.75 Å². The molecular formula is C20H17Cl2N3O. The predicted octanol–water partition coefficient (Wildman–Crippen LogP) is 5.17. The Morgan fingerprint density at radius 3 is 3.04 bits per heavy atom. The third-order valence-electron chi connectivity index (χ3n) is 4.96. The van der Waals surface area contributed by atoms with Crippen molar-refractivity contribution in [3.8, 4) is 11.8 Å². The third kappa shape index (κ3) is 2.92. The number of aromatic amines is 1. The summed E-state index contributed by atoms with van der Waals surface area (Å²) < 4.78 is 5.66. The largest absolute Gasteiger partial charge is 0.489 e. The monoisotopic (exact) mass is 385 g/mol. The minimum absolute atomic E-state index is 0.213. The summed E-state index contributed by atoms with van der Waals surface area (Å²) in [5, 5.41) is 18.3. The van der Waals surface area contributed by atoms with Crippen LogP contribution in [0.2, 0.25) is 5.02 Å². The van der Waals surface area contributed by atoms with Crippen LogP contribution in [0, 0.1) is 11.3 Å². The second-order valence-electron chi connectivity index (χ2n) is 6.45. The van der Waals surface area contributed by atoms with Crippen LogP contribution in [0.15, 0.2) is 30.5 Å². The van der Waals surface area contributed by atoms with Crippen molar-refractivity contribution >= 4 is 34.1 Å². The van der Waals surface area contributed by atoms with Crippen molar-refractivity contribution in [2.24, 2.45) is 0 Å². The zero-order valence-electron chi connectivity index (χ0n) is 14.1. The highest BCUT2D eigenvalue weighted by atomic mass is 35.5. The SMILES string of the molecule is N#Cc1cc2c(c(Cl)c1OCCCl)CCCC2c1ccc2[nH]ncc2c1. The molecule has 1 aliphatic carbocycles. The maximum Gasteiger partial charge on any atom is 0.155 e. The molecule has 1 atom stereocenters. The lowest BCUT2D eigenvalue weighted by atomic mass is 9.78. The fourth-order valence-electron chi connectivity index (χ4n) is 3.78. The molecule has 1 unspecified atom stereocenters. The number of nitrogens with zero attached hydrogens (tertiary/aromatic N) is 2. The average Bonchev–Trinajstić information content (AvgIpc) is 3.14. The second-order valence-corrected chi connectivity index (χ2v) is 7.20. The van der Waals surface area contributed by atoms with Crippen molar-refractivity contribution in [2.75, 3.05) is 12.5 Å². The van der Waals surface area contributed by atoms with Crippen molar-refractivity contribution in [2.45, 2.75) is 25.2 Å². The van der Waals surface area contributed by atoms with Gasteiger partial charge >= 0.3 is 0 Å². The molecular weight excluding hydrogens is 369 g/mol. The Morgan fingerprint density at radius 1 is 1.35 bits per heavy atom. The van der Waals surface area contributed by atoms with E-state index in [9.17, 15) is 5.26 Å². The maximum absolute atomic E-state index is 9.58. The molecule has 1 heterocycles. The summed E-state index contributed by atoms with van der Waals surface area (Å²) in [6.45, 7) is 0.329. The fourth-order valence-corrected chi connectivity index (χ4v) is 4.22. The number of alkyl halides is 1. The van der Waals surface area contributed by atoms with E-state index in [1.807, 2.05) is 12.3 Å². The smallest absolute Gasteiger partial charge is 0.155 e. The molecule has 0 aliphatic heterocycles. The zero-order chi connectivity index (χ0) is 18.1. The Hall–Kier alpha value is -2.22. The predicted molar refractivity (Wildman–Crippen MR) is 103 cm³/mol. The Bertz CT molecular complexity index is 1010. The van der Waals surface area contributed by atoms with Gasteiger partial charge in [0.15, 0.2) is 5.75 Å². The van der Waals surface area contributed by atoms with Crippen LogP contribution in [0.3, 0.4) is 0 Å². The van der Waals surface area contributed by atoms with Gasteiger partial charge in [-0.1, -0.05) is 17.7 Å². The van der Waals surface area contributed by atoms with E-state index in [2.05, 4.69) is 34.5 Å². The van der Waals surface area contributed by atoms with Crippen molar-refractivity contribution in [3.63, 3.8) is 0 Å². The number of H-pyrrole nitrogens is 1. The van der Waals surface area contributed by atoms with E-state index in [1.165, 1.54) is 5.56 Å². The highest BCUT2D eigenvalue weighted by Gasteiger charge is 2.27. The lowest BCUT2D eigenvalue weighted by Crippen LogP contribution is -2.13. The van der Waals surface area contributed by atoms with E-state index in [-0.39, 0.29) is 5.92 Å². The van der Waals surface area contributed by atoms with Gasteiger partial charge in [-0.3, -0.25) is 5.10 Å². The molecule has 0 radical (unpaired) electrons. The third-order valence-corrected chi connectivity index (χ3v) is 5.52. The van der Waals surface area contributed by atoms with Crippen molar-refractivity contribution in [1.82, 2.24) is 10.2 Å². The number of aromatic nitrogens is 2. The van der Waals surface area contributed by atoms with Gasteiger partial charge in [0, 0.05) is 11.3 Å². The molecule has 6 heteroatoms. The van der Waals surface area contributed by atoms with Crippen LogP contribution in [0.4, 0.5) is 0 Å². The minimum Gasteiger partial charge on any atom is -0.489 e. The molecule has 0 amide bonds. The van der Waals surface area contributed by atoms with Crippen molar-refractivity contribution < 1.29 is 4.74 Å². The Morgan fingerprint density at radius 2 is 2.23 bits per heavy atom. The first-order valence-electron chi connectivity index (χ1n) is 8.60. The molecule has 4 rings (SSSR count). The van der Waals surface area contributed by atoms with Crippen LogP contribution >= 0.6 is 23.2 Å². The summed E-state index contributed by atoms with van der Waals surface area (Å²) in [4.78, 5) is 0. The molecule has 3 aromatic rings. The number of halogens is 2. The van der Waals surface area contributed by atoms with E-state index >= 15 is 0 Å². The summed E-state index contributed by atoms with van der Waals surface area (Å²) in [5.74, 6) is 1.02. The molecule has 0 saturated heterocycles. The molecule has 1 aromatic heterocycles. The van der Waals surface area contributed by atoms with Crippen LogP contribution in [0.1, 0.15) is 41.0 Å². The number of benzene rings is 2. The molecule has 2 aromatic carbocycles. The molecule has 0 saturated carbocycles. The molecule has 26 heavy (non-hydrogen) atoms. The number of ether oxygens (including phenoxy) is 1. The van der Waals surface area contributed by atoms with E-state index in [1.54, 1.807) is 0 Å². The fraction of sp³-hybridized carbons (Fsp3) is 0.300. The van der Waals surface area contributed by atoms with Crippen LogP contribution in [-0.2, 0) is 6.42 Å². The van der Waals surface area contributed by atoms with Gasteiger partial charge in [0.2, 0.25) is 0 Å². The lowest BCUT2D eigenvalue weighted by Gasteiger charge is -2.28. The first kappa shape index (κ1) is 17.2. The van der Waals surface area contributed by atoms with Gasteiger partial charge < -0.3 is 4.74 Å². The van der Waals surface area contributed by atoms with E-state index in [4.69, 9.17) is 27.9 Å². The molecule has 1 aliphatic rings. The van der Waals surface area contributed by atoms with Crippen molar-refractivity contribution in [1.29, 1.82) is 5.26 Å². The minimum atomic E-state index is 0.213. The van der Waals surface area contributed by atoms with Gasteiger partial charge in [0.25, 0.3) is 0 Å². The van der Waals surface area contributed by atoms with Gasteiger partial charge in [-0.15, -0.1) is 11.6 Å². The molecule has 0 spiro atoms. The molecule has 4 nitrogen and oxygen atoms in total. The highest BCUT2D eigenvalue weighted by molar-refractivity contribution is 6.33. The molecule has 0 fully saturated rings. The van der Waals surface area contributed by atoms with E-state index < -0.39 is 0 Å². The zero-order valence-corrected chi connectivity index (χ0v) is 15.6. The standard InChI is InChI=1S/C20H17Cl2N3O/c21-6-7-26-20-13(10-23)9-17-15(2-1-3-16(17)19(20)22)12-4-5-18-14(8-12)11-24-25-18/h4-5,8-9,11,15H,1-3,6-7H2,(H,24,25). The van der Waals surface area contributed by atoms with Gasteiger partial charge in [-0.25, -0.2) is 0 Å². The quantitative estimate of drug-likeness (QED) is 0.629. The van der Waals surface area contributed by atoms with Gasteiger partial charge in [-0.2, -0.15) is 10.4 Å². The number of rotatable bonds is 4. The average molecular weight is 386 g/mol. The van der Waals surface area contributed by atoms with Gasteiger partial charge in [-0.05, 0) is 54.2 Å². The van der Waals surface area contributed by atoms with Crippen LogP contribution < -0.4 is 4.74 Å². The number of nitriles is 1. The Balaban J connectivity index is 1.82. The summed E-state index contributed by atoms with van der Waals surface area (Å²) in [5.41, 5.74) is 4.91. The van der Waals surface area contributed by atoms with Crippen LogP contribution in [-0.4, -0.2) is 22.7 Å². The number of nitrogens with one attached hydrogen (secondary N) is 1. The number of fused-ring (bicyclic) bond motifs is 2. The van der Waals surface area contributed by atoms with Crippen LogP contribution in [0.25, 0.3) is 10.9 Å². The van der Waals surface area contributed by atoms with Gasteiger partial charge in [0.1, 0.15) is 12.7 Å². The topological polar surface area (TPSA) is 61.7 Å². The number of hydrogen-bond donors (Lipinski definition) is 1. The number of hydrogen-bond acceptors (Lipinski definition) is 3. The maximum atomic E-state index is 9.58. The van der Waals surface area contributed by atoms with Gasteiger partial charge in [0.05, 0.1) is 28.2 Å². The second kappa shape index (κ2) is 7.19. The normalized spacial score (nSPS) is 16.3.